The van der Waals surface area contributed by atoms with E-state index in [-0.39, 0.29) is 6.04 Å². The lowest BCUT2D eigenvalue weighted by atomic mass is 10.0. The van der Waals surface area contributed by atoms with E-state index in [1.807, 2.05) is 11.6 Å². The quantitative estimate of drug-likeness (QED) is 0.795. The van der Waals surface area contributed by atoms with Crippen molar-refractivity contribution in [3.8, 4) is 0 Å². The van der Waals surface area contributed by atoms with Crippen molar-refractivity contribution in [2.75, 3.05) is 0 Å². The lowest BCUT2D eigenvalue weighted by molar-refractivity contribution is -0.137. The molecule has 1 aromatic heterocycles. The van der Waals surface area contributed by atoms with E-state index < -0.39 is 11.7 Å². The molecule has 0 aliphatic heterocycles. The van der Waals surface area contributed by atoms with Crippen molar-refractivity contribution >= 4 is 0 Å². The van der Waals surface area contributed by atoms with E-state index in [4.69, 9.17) is 0 Å². The molecule has 0 saturated heterocycles. The van der Waals surface area contributed by atoms with E-state index in [2.05, 4.69) is 20.4 Å². The Balaban J connectivity index is 1.57. The van der Waals surface area contributed by atoms with Gasteiger partial charge in [-0.1, -0.05) is 12.1 Å². The Morgan fingerprint density at radius 3 is 2.64 bits per heavy atom. The van der Waals surface area contributed by atoms with Gasteiger partial charge in [0.15, 0.2) is 5.82 Å². The fourth-order valence-electron chi connectivity index (χ4n) is 3.24. The van der Waals surface area contributed by atoms with E-state index >= 15 is 0 Å². The molecule has 134 valence electrons. The minimum absolute atomic E-state index is 0.126. The van der Waals surface area contributed by atoms with Crippen LogP contribution in [0.4, 0.5) is 13.2 Å². The Morgan fingerprint density at radius 1 is 1.24 bits per heavy atom. The van der Waals surface area contributed by atoms with Crippen LogP contribution in [0.1, 0.15) is 61.6 Å². The van der Waals surface area contributed by atoms with Crippen LogP contribution in [0.5, 0.6) is 0 Å². The normalized spacial score (nSPS) is 19.4. The van der Waals surface area contributed by atoms with E-state index in [1.165, 1.54) is 12.1 Å². The molecule has 0 N–H and O–H groups in total. The third-order valence-corrected chi connectivity index (χ3v) is 4.99. The summed E-state index contributed by atoms with van der Waals surface area (Å²) >= 11 is 0. The van der Waals surface area contributed by atoms with Crippen molar-refractivity contribution in [2.45, 2.75) is 63.5 Å². The van der Waals surface area contributed by atoms with Gasteiger partial charge in [-0.3, -0.25) is 4.90 Å². The summed E-state index contributed by atoms with van der Waals surface area (Å²) in [6, 6.07) is 6.26. The van der Waals surface area contributed by atoms with Crippen LogP contribution in [0.25, 0.3) is 0 Å². The summed E-state index contributed by atoms with van der Waals surface area (Å²) < 4.78 is 40.9. The van der Waals surface area contributed by atoms with E-state index in [0.717, 1.165) is 37.6 Å². The first-order valence-corrected chi connectivity index (χ1v) is 8.63. The van der Waals surface area contributed by atoms with Crippen LogP contribution in [-0.4, -0.2) is 31.1 Å². The first-order valence-electron chi connectivity index (χ1n) is 8.63. The minimum Gasteiger partial charge on any atom is -0.286 e. The SMILES string of the molecule is C[C@@H](c1cccc(C(F)(F)F)c1)N(Cc1nnnn1C1CC1)C1CC1. The van der Waals surface area contributed by atoms with Crippen LogP contribution in [0.15, 0.2) is 24.3 Å². The maximum Gasteiger partial charge on any atom is 0.416 e. The summed E-state index contributed by atoms with van der Waals surface area (Å²) in [4.78, 5) is 2.22. The Kier molecular flexibility index (Phi) is 4.02. The maximum absolute atomic E-state index is 13.0. The van der Waals surface area contributed by atoms with E-state index in [0.29, 0.717) is 24.2 Å². The number of alkyl halides is 3. The average Bonchev–Trinajstić information content (AvgIpc) is 3.51. The van der Waals surface area contributed by atoms with Gasteiger partial charge in [0.05, 0.1) is 18.2 Å². The Labute approximate surface area is 143 Å². The van der Waals surface area contributed by atoms with Crippen LogP contribution in [-0.2, 0) is 12.7 Å². The molecular formula is C17H20F3N5. The molecular weight excluding hydrogens is 331 g/mol. The summed E-state index contributed by atoms with van der Waals surface area (Å²) in [6.07, 6.45) is -0.0197. The molecule has 0 spiro atoms. The molecule has 5 nitrogen and oxygen atoms in total. The molecule has 2 fully saturated rings. The molecule has 25 heavy (non-hydrogen) atoms. The second-order valence-corrected chi connectivity index (χ2v) is 6.97. The highest BCUT2D eigenvalue weighted by atomic mass is 19.4. The van der Waals surface area contributed by atoms with Crippen molar-refractivity contribution in [2.24, 2.45) is 0 Å². The summed E-state index contributed by atoms with van der Waals surface area (Å²) in [7, 11) is 0. The second kappa shape index (κ2) is 6.09. The number of hydrogen-bond donors (Lipinski definition) is 0. The molecule has 2 aromatic rings. The third kappa shape index (κ3) is 3.53. The Bertz CT molecular complexity index is 749. The highest BCUT2D eigenvalue weighted by Gasteiger charge is 2.36. The zero-order valence-electron chi connectivity index (χ0n) is 13.9. The molecule has 1 aromatic carbocycles. The monoisotopic (exact) mass is 351 g/mol. The van der Waals surface area contributed by atoms with E-state index in [1.54, 1.807) is 6.07 Å². The Hall–Kier alpha value is -1.96. The van der Waals surface area contributed by atoms with Gasteiger partial charge in [-0.2, -0.15) is 13.2 Å². The third-order valence-electron chi connectivity index (χ3n) is 4.99. The molecule has 1 atom stereocenters. The second-order valence-electron chi connectivity index (χ2n) is 6.97. The summed E-state index contributed by atoms with van der Waals surface area (Å²) in [5.74, 6) is 0.799. The number of nitrogens with zero attached hydrogens (tertiary/aromatic N) is 5. The summed E-state index contributed by atoms with van der Waals surface area (Å²) in [5, 5.41) is 12.0. The lowest BCUT2D eigenvalue weighted by Crippen LogP contribution is -2.30. The fourth-order valence-corrected chi connectivity index (χ4v) is 3.24. The predicted octanol–water partition coefficient (Wildman–Crippen LogP) is 3.75. The fraction of sp³-hybridized carbons (Fsp3) is 0.588. The summed E-state index contributed by atoms with van der Waals surface area (Å²) in [5.41, 5.74) is 0.0718. The number of hydrogen-bond acceptors (Lipinski definition) is 4. The molecule has 2 saturated carbocycles. The van der Waals surface area contributed by atoms with Crippen LogP contribution in [0.3, 0.4) is 0 Å². The van der Waals surface area contributed by atoms with Gasteiger partial charge in [0.2, 0.25) is 0 Å². The molecule has 0 radical (unpaired) electrons. The van der Waals surface area contributed by atoms with Crippen LogP contribution < -0.4 is 0 Å². The molecule has 0 amide bonds. The summed E-state index contributed by atoms with van der Waals surface area (Å²) in [6.45, 7) is 2.52. The van der Waals surface area contributed by atoms with Crippen LogP contribution in [0, 0.1) is 0 Å². The van der Waals surface area contributed by atoms with Crippen LogP contribution >= 0.6 is 0 Å². The highest BCUT2D eigenvalue weighted by Crippen LogP contribution is 2.39. The van der Waals surface area contributed by atoms with Gasteiger partial charge >= 0.3 is 6.18 Å². The van der Waals surface area contributed by atoms with Crippen molar-refractivity contribution in [1.29, 1.82) is 0 Å². The standard InChI is InChI=1S/C17H20F3N5/c1-11(12-3-2-4-13(9-12)17(18,19)20)24(14-5-6-14)10-16-21-22-23-25(16)15-7-8-15/h2-4,9,11,14-15H,5-8,10H2,1H3/t11-/m0/s1. The molecule has 1 heterocycles. The van der Waals surface area contributed by atoms with Crippen molar-refractivity contribution in [3.63, 3.8) is 0 Å². The lowest BCUT2D eigenvalue weighted by Gasteiger charge is -2.29. The van der Waals surface area contributed by atoms with Gasteiger partial charge < -0.3 is 0 Å². The van der Waals surface area contributed by atoms with Gasteiger partial charge in [-0.25, -0.2) is 4.68 Å². The van der Waals surface area contributed by atoms with Gasteiger partial charge in [-0.15, -0.1) is 5.10 Å². The molecule has 8 heteroatoms. The van der Waals surface area contributed by atoms with Crippen molar-refractivity contribution in [3.05, 3.63) is 41.2 Å². The zero-order chi connectivity index (χ0) is 17.6. The van der Waals surface area contributed by atoms with Gasteiger partial charge in [0.1, 0.15) is 0 Å². The number of benzene rings is 1. The van der Waals surface area contributed by atoms with Gasteiger partial charge in [0, 0.05) is 12.1 Å². The highest BCUT2D eigenvalue weighted by molar-refractivity contribution is 5.28. The largest absolute Gasteiger partial charge is 0.416 e. The van der Waals surface area contributed by atoms with Gasteiger partial charge in [-0.05, 0) is 60.7 Å². The molecule has 0 bridgehead atoms. The number of aromatic nitrogens is 4. The van der Waals surface area contributed by atoms with Gasteiger partial charge in [0.25, 0.3) is 0 Å². The number of rotatable bonds is 6. The van der Waals surface area contributed by atoms with Crippen molar-refractivity contribution < 1.29 is 13.2 Å². The molecule has 2 aliphatic rings. The molecule has 0 unspecified atom stereocenters. The zero-order valence-corrected chi connectivity index (χ0v) is 13.9. The molecule has 4 rings (SSSR count). The van der Waals surface area contributed by atoms with Crippen molar-refractivity contribution in [1.82, 2.24) is 25.1 Å². The molecule has 2 aliphatic carbocycles. The smallest absolute Gasteiger partial charge is 0.286 e. The average molecular weight is 351 g/mol. The number of halogens is 3. The maximum atomic E-state index is 13.0. The number of tetrazole rings is 1. The first-order chi connectivity index (χ1) is 11.9. The first kappa shape index (κ1) is 16.5. The topological polar surface area (TPSA) is 46.8 Å². The predicted molar refractivity (Wildman–Crippen MR) is 84.5 cm³/mol. The Morgan fingerprint density at radius 2 is 2.00 bits per heavy atom. The minimum atomic E-state index is -4.32. The van der Waals surface area contributed by atoms with E-state index in [9.17, 15) is 13.2 Å². The van der Waals surface area contributed by atoms with Crippen LogP contribution in [0.2, 0.25) is 0 Å².